The summed E-state index contributed by atoms with van der Waals surface area (Å²) in [6.45, 7) is 4.55. The zero-order chi connectivity index (χ0) is 19.1. The molecule has 1 aliphatic heterocycles. The minimum absolute atomic E-state index is 0. The Hall–Kier alpha value is -1.86. The minimum Gasteiger partial charge on any atom is -0.497 e. The van der Waals surface area contributed by atoms with E-state index < -0.39 is 6.10 Å². The summed E-state index contributed by atoms with van der Waals surface area (Å²) in [7, 11) is 3.29. The van der Waals surface area contributed by atoms with Gasteiger partial charge in [-0.1, -0.05) is 12.1 Å². The molecule has 6 nitrogen and oxygen atoms in total. The van der Waals surface area contributed by atoms with Gasteiger partial charge >= 0.3 is 0 Å². The van der Waals surface area contributed by atoms with Crippen LogP contribution in [0.25, 0.3) is 0 Å². The van der Waals surface area contributed by atoms with Crippen LogP contribution in [0.1, 0.15) is 0 Å². The van der Waals surface area contributed by atoms with Crippen LogP contribution in [0.15, 0.2) is 48.5 Å². The number of hydrogen-bond acceptors (Lipinski definition) is 6. The molecule has 0 spiro atoms. The molecule has 8 heteroatoms. The van der Waals surface area contributed by atoms with Gasteiger partial charge in [-0.2, -0.15) is 0 Å². The number of anilines is 1. The van der Waals surface area contributed by atoms with E-state index in [1.165, 1.54) is 5.69 Å². The summed E-state index contributed by atoms with van der Waals surface area (Å²) in [5.41, 5.74) is 1.20. The van der Waals surface area contributed by atoms with E-state index in [-0.39, 0.29) is 31.4 Å². The molecule has 1 unspecified atom stereocenters. The van der Waals surface area contributed by atoms with E-state index in [0.29, 0.717) is 18.0 Å². The SMILES string of the molecule is COc1ccc(N2CCN(CC(O)COc3ccccc3OC)CC2)cc1.Cl.Cl. The van der Waals surface area contributed by atoms with Gasteiger partial charge in [-0.15, -0.1) is 24.8 Å². The van der Waals surface area contributed by atoms with E-state index in [0.717, 1.165) is 31.9 Å². The molecule has 0 bridgehead atoms. The first kappa shape index (κ1) is 25.2. The van der Waals surface area contributed by atoms with E-state index in [1.54, 1.807) is 14.2 Å². The molecule has 0 saturated carbocycles. The average Bonchev–Trinajstić information content (AvgIpc) is 2.73. The monoisotopic (exact) mass is 444 g/mol. The van der Waals surface area contributed by atoms with Crippen molar-refractivity contribution in [2.45, 2.75) is 6.10 Å². The lowest BCUT2D eigenvalue weighted by atomic mass is 10.2. The maximum Gasteiger partial charge on any atom is 0.161 e. The highest BCUT2D eigenvalue weighted by Crippen LogP contribution is 2.26. The van der Waals surface area contributed by atoms with Gasteiger partial charge in [-0.25, -0.2) is 0 Å². The lowest BCUT2D eigenvalue weighted by Crippen LogP contribution is -2.49. The molecule has 1 saturated heterocycles. The van der Waals surface area contributed by atoms with Crippen molar-refractivity contribution < 1.29 is 19.3 Å². The third-order valence-electron chi connectivity index (χ3n) is 4.78. The summed E-state index contributed by atoms with van der Waals surface area (Å²) in [4.78, 5) is 4.63. The number of methoxy groups -OCH3 is 2. The summed E-state index contributed by atoms with van der Waals surface area (Å²) in [5.74, 6) is 2.21. The van der Waals surface area contributed by atoms with Gasteiger partial charge in [-0.05, 0) is 36.4 Å². The second-order valence-corrected chi connectivity index (χ2v) is 6.60. The van der Waals surface area contributed by atoms with Crippen LogP contribution >= 0.6 is 24.8 Å². The van der Waals surface area contributed by atoms with Crippen LogP contribution in [0.3, 0.4) is 0 Å². The molecule has 1 atom stereocenters. The van der Waals surface area contributed by atoms with Gasteiger partial charge in [0.1, 0.15) is 18.5 Å². The second-order valence-electron chi connectivity index (χ2n) is 6.60. The number of aliphatic hydroxyl groups excluding tert-OH is 1. The maximum absolute atomic E-state index is 10.3. The topological polar surface area (TPSA) is 54.4 Å². The molecule has 3 rings (SSSR count). The first-order valence-electron chi connectivity index (χ1n) is 9.25. The van der Waals surface area contributed by atoms with Crippen molar-refractivity contribution in [2.24, 2.45) is 0 Å². The molecule has 162 valence electrons. The van der Waals surface area contributed by atoms with Crippen LogP contribution in [0.2, 0.25) is 0 Å². The van der Waals surface area contributed by atoms with E-state index in [1.807, 2.05) is 36.4 Å². The fraction of sp³-hybridized carbons (Fsp3) is 0.429. The molecule has 29 heavy (non-hydrogen) atoms. The number of aliphatic hydroxyl groups is 1. The zero-order valence-electron chi connectivity index (χ0n) is 16.8. The van der Waals surface area contributed by atoms with Crippen molar-refractivity contribution in [1.82, 2.24) is 4.90 Å². The van der Waals surface area contributed by atoms with Crippen molar-refractivity contribution in [3.63, 3.8) is 0 Å². The molecular weight excluding hydrogens is 415 g/mol. The van der Waals surface area contributed by atoms with E-state index in [2.05, 4.69) is 21.9 Å². The predicted octanol–water partition coefficient (Wildman–Crippen LogP) is 3.11. The number of β-amino-alcohol motifs (C(OH)–C–C–N with tert-alkyl or cyclic N) is 1. The van der Waals surface area contributed by atoms with Gasteiger partial charge in [0.15, 0.2) is 11.5 Å². The van der Waals surface area contributed by atoms with Crippen molar-refractivity contribution in [1.29, 1.82) is 0 Å². The van der Waals surface area contributed by atoms with Crippen LogP contribution in [0.4, 0.5) is 5.69 Å². The summed E-state index contributed by atoms with van der Waals surface area (Å²) in [6, 6.07) is 15.6. The van der Waals surface area contributed by atoms with Crippen LogP contribution in [0.5, 0.6) is 17.2 Å². The van der Waals surface area contributed by atoms with Gasteiger partial charge in [0, 0.05) is 38.4 Å². The van der Waals surface area contributed by atoms with Gasteiger partial charge in [0.2, 0.25) is 0 Å². The summed E-state index contributed by atoms with van der Waals surface area (Å²) in [5, 5.41) is 10.3. The first-order chi connectivity index (χ1) is 13.2. The fourth-order valence-electron chi connectivity index (χ4n) is 3.26. The van der Waals surface area contributed by atoms with Gasteiger partial charge < -0.3 is 24.2 Å². The van der Waals surface area contributed by atoms with Crippen molar-refractivity contribution in [3.05, 3.63) is 48.5 Å². The molecule has 1 aliphatic rings. The Morgan fingerprint density at radius 1 is 0.862 bits per heavy atom. The summed E-state index contributed by atoms with van der Waals surface area (Å²) < 4.78 is 16.2. The Bertz CT molecular complexity index is 710. The Morgan fingerprint density at radius 3 is 2.07 bits per heavy atom. The van der Waals surface area contributed by atoms with Crippen molar-refractivity contribution in [3.8, 4) is 17.2 Å². The minimum atomic E-state index is -0.539. The second kappa shape index (κ2) is 12.6. The molecule has 0 aliphatic carbocycles. The number of hydrogen-bond donors (Lipinski definition) is 1. The van der Waals surface area contributed by atoms with E-state index >= 15 is 0 Å². The third kappa shape index (κ3) is 7.16. The Morgan fingerprint density at radius 2 is 1.48 bits per heavy atom. The average molecular weight is 445 g/mol. The largest absolute Gasteiger partial charge is 0.497 e. The smallest absolute Gasteiger partial charge is 0.161 e. The molecular formula is C21H30Cl2N2O4. The zero-order valence-corrected chi connectivity index (χ0v) is 18.5. The molecule has 1 heterocycles. The summed E-state index contributed by atoms with van der Waals surface area (Å²) in [6.07, 6.45) is -0.539. The molecule has 0 aromatic heterocycles. The normalized spacial score (nSPS) is 14.9. The Kier molecular flexibility index (Phi) is 11.0. The van der Waals surface area contributed by atoms with Crippen LogP contribution in [-0.4, -0.2) is 69.7 Å². The molecule has 0 amide bonds. The van der Waals surface area contributed by atoms with Crippen molar-refractivity contribution in [2.75, 3.05) is 58.5 Å². The summed E-state index contributed by atoms with van der Waals surface area (Å²) >= 11 is 0. The van der Waals surface area contributed by atoms with Gasteiger partial charge in [-0.3, -0.25) is 4.90 Å². The Balaban J connectivity index is 0.00000210. The van der Waals surface area contributed by atoms with Crippen LogP contribution in [0, 0.1) is 0 Å². The number of benzene rings is 2. The molecule has 2 aromatic rings. The number of halogens is 2. The molecule has 2 aromatic carbocycles. The number of nitrogens with zero attached hydrogens (tertiary/aromatic N) is 2. The highest BCUT2D eigenvalue weighted by Gasteiger charge is 2.20. The molecule has 1 N–H and O–H groups in total. The standard InChI is InChI=1S/C21H28N2O4.2ClH/c1-25-19-9-7-17(8-10-19)23-13-11-22(12-14-23)15-18(24)16-27-21-6-4-3-5-20(21)26-2;;/h3-10,18,24H,11-16H2,1-2H3;2*1H. The molecule has 0 radical (unpaired) electrons. The lowest BCUT2D eigenvalue weighted by molar-refractivity contribution is 0.0653. The van der Waals surface area contributed by atoms with Gasteiger partial charge in [0.25, 0.3) is 0 Å². The third-order valence-corrected chi connectivity index (χ3v) is 4.78. The molecule has 1 fully saturated rings. The van der Waals surface area contributed by atoms with Crippen LogP contribution < -0.4 is 19.1 Å². The number of piperazine rings is 1. The highest BCUT2D eigenvalue weighted by atomic mass is 35.5. The van der Waals surface area contributed by atoms with Gasteiger partial charge in [0.05, 0.1) is 14.2 Å². The quantitative estimate of drug-likeness (QED) is 0.674. The number of para-hydroxylation sites is 2. The highest BCUT2D eigenvalue weighted by molar-refractivity contribution is 5.85. The van der Waals surface area contributed by atoms with E-state index in [4.69, 9.17) is 14.2 Å². The van der Waals surface area contributed by atoms with E-state index in [9.17, 15) is 5.11 Å². The first-order valence-corrected chi connectivity index (χ1v) is 9.25. The maximum atomic E-state index is 10.3. The Labute approximate surface area is 185 Å². The predicted molar refractivity (Wildman–Crippen MR) is 121 cm³/mol. The number of rotatable bonds is 8. The number of ether oxygens (including phenoxy) is 3. The van der Waals surface area contributed by atoms with Crippen LogP contribution in [-0.2, 0) is 0 Å². The lowest BCUT2D eigenvalue weighted by Gasteiger charge is -2.36. The van der Waals surface area contributed by atoms with Crippen molar-refractivity contribution >= 4 is 30.5 Å². The fourth-order valence-corrected chi connectivity index (χ4v) is 3.26.